The Balaban J connectivity index is 1.03. The molecule has 14 aromatic carbocycles. The number of nitrogens with zero attached hydrogens (tertiary/aromatic N) is 4. The van der Waals surface area contributed by atoms with Gasteiger partial charge in [-0.2, -0.15) is 0 Å². The molecule has 0 amide bonds. The zero-order valence-electron chi connectivity index (χ0n) is 75.1. The molecular weight excluding hydrogens is 1190 g/mol. The molecule has 17 aromatic rings. The third-order valence-electron chi connectivity index (χ3n) is 19.6. The summed E-state index contributed by atoms with van der Waals surface area (Å²) in [6.07, 6.45) is 0. The van der Waals surface area contributed by atoms with E-state index in [0.717, 1.165) is 50.0 Å². The van der Waals surface area contributed by atoms with Crippen LogP contribution in [0.2, 0.25) is 0 Å². The van der Waals surface area contributed by atoms with E-state index in [0.29, 0.717) is 55.8 Å². The normalized spacial score (nSPS) is 15.9. The van der Waals surface area contributed by atoms with E-state index >= 15 is 0 Å². The smallest absolute Gasteiger partial charge is 0.252 e. The number of para-hydroxylation sites is 6. The minimum atomic E-state index is -0.839. The first kappa shape index (κ1) is 39.9. The first-order chi connectivity index (χ1) is 56.6. The predicted molar refractivity (Wildman–Crippen MR) is 416 cm³/mol. The Bertz CT molecular complexity index is 7190. The summed E-state index contributed by atoms with van der Waals surface area (Å²) in [6, 6.07) is 46.9. The lowest BCUT2D eigenvalue weighted by Gasteiger charge is -2.45. The average Bonchev–Trinajstić information content (AvgIpc) is 1.67. The maximum Gasteiger partial charge on any atom is 0.252 e. The number of fused-ring (bicyclic) bond motifs is 13. The highest BCUT2D eigenvalue weighted by Crippen LogP contribution is 2.54. The molecule has 3 aromatic heterocycles. The van der Waals surface area contributed by atoms with Crippen molar-refractivity contribution in [2.24, 2.45) is 0 Å². The standard InChI is InChI=1S/C92H69BN4O/c1-91(2,3)64-34-24-33-61(51-64)63-48-50-75-83(53-63)96(82-46-26-40-72-71-39-25-45-81(89(71)98-90(72)82)95-79-43-22-18-37-69(79)70-38-19-23-44-80(70)95)85-56-66(94-77-41-20-16-35-67(77)68-36-17-21-42-78(68)94)57-86-87(85)93(75)76-49-47-62(58-27-10-7-11-28-58)52-84(76)97(86)88-73(59-29-12-8-13-30-59)54-65(92(4,5)6)55-74(88)60-31-14-9-15-32-60/h7-57H,1-6H3/i7D,10D,11D,16D,17D,18D,19D,20D,21D,22D,23D,27D,28D,35D,36D,37D,38D,41D,42D,43D,44D. The van der Waals surface area contributed by atoms with Gasteiger partial charge in [-0.3, -0.25) is 0 Å². The molecule has 0 saturated carbocycles. The Kier molecular flexibility index (Phi) is 8.89. The number of anilines is 6. The summed E-state index contributed by atoms with van der Waals surface area (Å²) in [5.41, 5.74) is 11.0. The summed E-state index contributed by atoms with van der Waals surface area (Å²) in [4.78, 5) is 4.17. The molecule has 466 valence electrons. The Morgan fingerprint density at radius 1 is 0.316 bits per heavy atom. The van der Waals surface area contributed by atoms with Crippen molar-refractivity contribution in [2.45, 2.75) is 52.4 Å². The first-order valence-electron chi connectivity index (χ1n) is 43.1. The van der Waals surface area contributed by atoms with Crippen LogP contribution in [0.15, 0.2) is 313 Å². The molecule has 0 bridgehead atoms. The molecule has 19 rings (SSSR count). The second kappa shape index (κ2) is 21.8. The van der Waals surface area contributed by atoms with Crippen molar-refractivity contribution in [1.29, 1.82) is 0 Å². The van der Waals surface area contributed by atoms with Gasteiger partial charge in [0.1, 0.15) is 0 Å². The largest absolute Gasteiger partial charge is 0.452 e. The second-order valence-electron chi connectivity index (χ2n) is 27.3. The van der Waals surface area contributed by atoms with Crippen LogP contribution >= 0.6 is 0 Å². The van der Waals surface area contributed by atoms with Crippen LogP contribution in [0, 0.1) is 0 Å². The van der Waals surface area contributed by atoms with Crippen molar-refractivity contribution < 1.29 is 33.2 Å². The average molecular weight is 1280 g/mol. The summed E-state index contributed by atoms with van der Waals surface area (Å²) < 4.78 is 208. The summed E-state index contributed by atoms with van der Waals surface area (Å²) in [6.45, 7) is 12.0. The lowest BCUT2D eigenvalue weighted by Crippen LogP contribution is -2.61. The first-order valence-corrected chi connectivity index (χ1v) is 32.6. The Labute approximate surface area is 600 Å². The van der Waals surface area contributed by atoms with Crippen LogP contribution in [0.5, 0.6) is 0 Å². The SMILES string of the molecule is [2H]c1c([2H])c([2H])c(-c2ccc3c(c2)N(c2c(-c4ccccc4)cc(C(C)(C)C)cc2-c2ccccc2)c2cc(-n4c5c([2H])c([2H])c([2H])c([2H])c5c5c([2H])c([2H])c([2H])c([2H])c54)cc4c2B3c2ccc(-c3cccc(C(C)(C)C)c3)cc2N4c2cccc3c2oc2c(-n4c5c([2H])c([2H])c([2H])c([2H])c5c5c([2H])c([2H])c([2H])c([2H])c54)cccc23)c([2H])c1[2H]. The number of hydrogen-bond acceptors (Lipinski definition) is 3. The minimum absolute atomic E-state index is 0.0754. The molecule has 0 N–H and O–H groups in total. The van der Waals surface area contributed by atoms with Crippen molar-refractivity contribution in [3.05, 3.63) is 320 Å². The Morgan fingerprint density at radius 3 is 1.30 bits per heavy atom. The van der Waals surface area contributed by atoms with Gasteiger partial charge < -0.3 is 23.4 Å². The van der Waals surface area contributed by atoms with E-state index in [1.165, 1.54) is 9.13 Å². The number of hydrogen-bond donors (Lipinski definition) is 0. The zero-order valence-corrected chi connectivity index (χ0v) is 54.1. The highest BCUT2D eigenvalue weighted by Gasteiger charge is 2.46. The van der Waals surface area contributed by atoms with Crippen LogP contribution in [0.25, 0.3) is 121 Å². The van der Waals surface area contributed by atoms with Gasteiger partial charge in [0.05, 0.1) is 73.6 Å². The van der Waals surface area contributed by atoms with Gasteiger partial charge in [-0.25, -0.2) is 0 Å². The van der Waals surface area contributed by atoms with Gasteiger partial charge in [0.2, 0.25) is 0 Å². The van der Waals surface area contributed by atoms with E-state index in [1.54, 1.807) is 18.2 Å². The van der Waals surface area contributed by atoms with Crippen molar-refractivity contribution in [1.82, 2.24) is 9.13 Å². The topological polar surface area (TPSA) is 29.5 Å². The highest BCUT2D eigenvalue weighted by molar-refractivity contribution is 7.00. The lowest BCUT2D eigenvalue weighted by molar-refractivity contribution is 0.590. The number of benzene rings is 14. The molecule has 98 heavy (non-hydrogen) atoms. The fraction of sp³-hybridized carbons (Fsp3) is 0.0870. The summed E-state index contributed by atoms with van der Waals surface area (Å²) in [5.74, 6) is 0. The molecule has 2 aliphatic heterocycles. The molecule has 5 heterocycles. The molecule has 5 nitrogen and oxygen atoms in total. The minimum Gasteiger partial charge on any atom is -0.452 e. The zero-order chi connectivity index (χ0) is 84.0. The maximum absolute atomic E-state index is 10.1. The predicted octanol–water partition coefficient (Wildman–Crippen LogP) is 23.1. The molecule has 0 radical (unpaired) electrons. The molecule has 0 atom stereocenters. The number of furan rings is 1. The van der Waals surface area contributed by atoms with Crippen molar-refractivity contribution >= 4 is 123 Å². The lowest BCUT2D eigenvalue weighted by atomic mass is 9.33. The van der Waals surface area contributed by atoms with Crippen LogP contribution in [-0.4, -0.2) is 15.8 Å². The van der Waals surface area contributed by atoms with Gasteiger partial charge in [0.15, 0.2) is 11.2 Å². The van der Waals surface area contributed by atoms with Crippen LogP contribution in [0.4, 0.5) is 34.1 Å². The Morgan fingerprint density at radius 2 is 0.755 bits per heavy atom. The number of rotatable bonds is 8. The molecule has 0 unspecified atom stereocenters. The quantitative estimate of drug-likeness (QED) is 0.142. The monoisotopic (exact) mass is 1280 g/mol. The fourth-order valence-corrected chi connectivity index (χ4v) is 15.0. The molecule has 0 aliphatic carbocycles. The van der Waals surface area contributed by atoms with Gasteiger partial charge in [-0.1, -0.05) is 278 Å². The van der Waals surface area contributed by atoms with Gasteiger partial charge >= 0.3 is 0 Å². The van der Waals surface area contributed by atoms with Crippen molar-refractivity contribution in [2.75, 3.05) is 9.80 Å². The van der Waals surface area contributed by atoms with Crippen molar-refractivity contribution in [3.63, 3.8) is 0 Å². The molecule has 0 spiro atoms. The maximum atomic E-state index is 10.1. The summed E-state index contributed by atoms with van der Waals surface area (Å²) in [5, 5.41) is 0.388. The fourth-order valence-electron chi connectivity index (χ4n) is 15.0. The number of aromatic nitrogens is 2. The van der Waals surface area contributed by atoms with Crippen LogP contribution in [-0.2, 0) is 10.8 Å². The third kappa shape index (κ3) is 8.87. The van der Waals surface area contributed by atoms with E-state index in [-0.39, 0.29) is 82.7 Å². The molecule has 6 heteroatoms. The summed E-state index contributed by atoms with van der Waals surface area (Å²) >= 11 is 0. The second-order valence-corrected chi connectivity index (χ2v) is 27.3. The van der Waals surface area contributed by atoms with Crippen molar-refractivity contribution in [3.8, 4) is 55.9 Å². The van der Waals surface area contributed by atoms with E-state index in [4.69, 9.17) is 14.0 Å². The van der Waals surface area contributed by atoms with E-state index in [2.05, 4.69) is 93.8 Å². The summed E-state index contributed by atoms with van der Waals surface area (Å²) in [7, 11) is 0. The van der Waals surface area contributed by atoms with Gasteiger partial charge in [-0.15, -0.1) is 0 Å². The molecule has 0 fully saturated rings. The van der Waals surface area contributed by atoms with E-state index in [1.807, 2.05) is 121 Å². The van der Waals surface area contributed by atoms with E-state index < -0.39 is 139 Å². The van der Waals surface area contributed by atoms with Gasteiger partial charge in [0.25, 0.3) is 6.71 Å². The van der Waals surface area contributed by atoms with Gasteiger partial charge in [-0.05, 0) is 144 Å². The Hall–Kier alpha value is -11.9. The highest BCUT2D eigenvalue weighted by atomic mass is 16.3. The van der Waals surface area contributed by atoms with Gasteiger partial charge in [0, 0.05) is 66.2 Å². The molecule has 2 aliphatic rings. The third-order valence-corrected chi connectivity index (χ3v) is 19.6. The van der Waals surface area contributed by atoms with E-state index in [9.17, 15) is 19.2 Å². The molecular formula is C92H69BN4O. The van der Waals surface area contributed by atoms with Crippen LogP contribution in [0.3, 0.4) is 0 Å². The van der Waals surface area contributed by atoms with Crippen LogP contribution in [0.1, 0.15) is 81.5 Å². The van der Waals surface area contributed by atoms with Crippen LogP contribution < -0.4 is 26.2 Å². The molecule has 0 saturated heterocycles.